The smallest absolute Gasteiger partial charge is 0.512 e. The van der Waals surface area contributed by atoms with Crippen molar-refractivity contribution in [3.8, 4) is 22.5 Å². The predicted octanol–water partition coefficient (Wildman–Crippen LogP) is 12.3. The summed E-state index contributed by atoms with van der Waals surface area (Å²) in [6, 6.07) is 43.1. The molecule has 8 aromatic rings. The van der Waals surface area contributed by atoms with Crippen molar-refractivity contribution in [2.45, 2.75) is 90.7 Å². The van der Waals surface area contributed by atoms with E-state index in [4.69, 9.17) is 14.7 Å². The van der Waals surface area contributed by atoms with E-state index >= 15 is 0 Å². The number of aromatic nitrogens is 3. The van der Waals surface area contributed by atoms with Crippen LogP contribution in [0.15, 0.2) is 108 Å². The molecule has 0 radical (unpaired) electrons. The van der Waals surface area contributed by atoms with Gasteiger partial charge in [-0.05, 0) is 98.0 Å². The fourth-order valence-electron chi connectivity index (χ4n) is 9.16. The Morgan fingerprint density at radius 2 is 1.46 bits per heavy atom. The maximum absolute atomic E-state index is 6.87. The first kappa shape index (κ1) is 36.6. The largest absolute Gasteiger partial charge is 2.00 e. The van der Waals surface area contributed by atoms with E-state index in [-0.39, 0.29) is 37.6 Å². The standard InChI is InChI=1S/C50H46N4O.Pt/c1-31-17-19-42-39(24-31)40-25-32(2)44(54-43-20-18-34(33-14-9-8-10-15-33)28-41(43)38-16-13-23-51-46(38)54)30-45(40)53(42)37-27-35(26-36(29-37)48(3,4)5)47-52-49(6)21-11-12-22-50(49,7)55-47;/h8-10,13-20,23-26,28-29H,11-12,21-22H2,1-7H3;/q-2;+2/t49-,50+;/m1./s1. The number of ether oxygens (including phenoxy) is 1. The molecule has 5 aromatic carbocycles. The molecule has 1 fully saturated rings. The predicted molar refractivity (Wildman–Crippen MR) is 227 cm³/mol. The first-order valence-electron chi connectivity index (χ1n) is 19.7. The molecule has 0 unspecified atom stereocenters. The summed E-state index contributed by atoms with van der Waals surface area (Å²) in [7, 11) is 0. The minimum Gasteiger partial charge on any atom is -0.512 e. The van der Waals surface area contributed by atoms with Crippen LogP contribution >= 0.6 is 0 Å². The first-order valence-corrected chi connectivity index (χ1v) is 19.7. The molecule has 4 heterocycles. The third-order valence-corrected chi connectivity index (χ3v) is 12.6. The summed E-state index contributed by atoms with van der Waals surface area (Å²) in [6.45, 7) is 15.7. The third-order valence-electron chi connectivity index (χ3n) is 12.6. The van der Waals surface area contributed by atoms with E-state index in [0.717, 1.165) is 68.3 Å². The van der Waals surface area contributed by atoms with Crippen molar-refractivity contribution >= 4 is 49.6 Å². The fourth-order valence-corrected chi connectivity index (χ4v) is 9.16. The van der Waals surface area contributed by atoms with Gasteiger partial charge in [-0.1, -0.05) is 105 Å². The second-order valence-electron chi connectivity index (χ2n) is 17.4. The summed E-state index contributed by atoms with van der Waals surface area (Å²) >= 11 is 0. The molecule has 0 N–H and O–H groups in total. The SMILES string of the molecule is Cc1ccc2c(c1)c1cc(C)c(-n3c4ccc(-c5ccccc5)cc4c4cccnc43)[c-]c1n2-c1[c-]c(C2=N[C@]3(C)CCCC[C@]3(C)O2)cc(C(C)(C)C)c1.[Pt+2]. The van der Waals surface area contributed by atoms with Crippen LogP contribution in [-0.2, 0) is 31.2 Å². The van der Waals surface area contributed by atoms with Gasteiger partial charge in [0.05, 0.1) is 11.1 Å². The number of rotatable bonds is 4. The van der Waals surface area contributed by atoms with Gasteiger partial charge in [0.15, 0.2) is 0 Å². The Hall–Kier alpha value is -4.99. The molecule has 3 aromatic heterocycles. The Labute approximate surface area is 343 Å². The van der Waals surface area contributed by atoms with Gasteiger partial charge in [0.1, 0.15) is 17.1 Å². The fraction of sp³-hybridized carbons (Fsp3) is 0.280. The van der Waals surface area contributed by atoms with Crippen LogP contribution in [0.25, 0.3) is 66.2 Å². The summed E-state index contributed by atoms with van der Waals surface area (Å²) in [4.78, 5) is 10.3. The van der Waals surface area contributed by atoms with E-state index in [1.165, 1.54) is 45.9 Å². The Morgan fingerprint density at radius 3 is 2.25 bits per heavy atom. The molecule has 5 nitrogen and oxygen atoms in total. The van der Waals surface area contributed by atoms with Gasteiger partial charge in [0.2, 0.25) is 0 Å². The zero-order chi connectivity index (χ0) is 37.9. The van der Waals surface area contributed by atoms with Crippen molar-refractivity contribution < 1.29 is 25.8 Å². The molecule has 0 bridgehead atoms. The average Bonchev–Trinajstić information content (AvgIpc) is 3.78. The maximum atomic E-state index is 6.87. The maximum Gasteiger partial charge on any atom is 2.00 e. The molecule has 1 aliphatic carbocycles. The van der Waals surface area contributed by atoms with Gasteiger partial charge in [-0.2, -0.15) is 6.07 Å². The van der Waals surface area contributed by atoms with Crippen molar-refractivity contribution in [2.75, 3.05) is 0 Å². The minimum absolute atomic E-state index is 0. The third kappa shape index (κ3) is 5.60. The Balaban J connectivity index is 0.00000410. The van der Waals surface area contributed by atoms with Crippen LogP contribution in [0.5, 0.6) is 0 Å². The summed E-state index contributed by atoms with van der Waals surface area (Å²) < 4.78 is 11.5. The van der Waals surface area contributed by atoms with Gasteiger partial charge in [-0.25, -0.2) is 4.98 Å². The minimum atomic E-state index is -0.310. The van der Waals surface area contributed by atoms with Crippen LogP contribution in [0.3, 0.4) is 0 Å². The van der Waals surface area contributed by atoms with E-state index in [1.807, 2.05) is 12.3 Å². The summed E-state index contributed by atoms with van der Waals surface area (Å²) in [6.07, 6.45) is 6.28. The van der Waals surface area contributed by atoms with E-state index in [2.05, 4.69) is 161 Å². The zero-order valence-electron chi connectivity index (χ0n) is 33.2. The quantitative estimate of drug-likeness (QED) is 0.165. The molecule has 0 saturated heterocycles. The summed E-state index contributed by atoms with van der Waals surface area (Å²) in [5.74, 6) is 0.711. The number of fused-ring (bicyclic) bond motifs is 7. The van der Waals surface area contributed by atoms with Gasteiger partial charge in [0.25, 0.3) is 0 Å². The molecule has 0 amide bonds. The Kier molecular flexibility index (Phi) is 8.52. The molecular formula is C50H46N4OPt. The molecule has 1 saturated carbocycles. The molecule has 2 aliphatic rings. The van der Waals surface area contributed by atoms with E-state index in [9.17, 15) is 0 Å². The molecule has 10 rings (SSSR count). The van der Waals surface area contributed by atoms with Gasteiger partial charge >= 0.3 is 21.1 Å². The molecule has 2 atom stereocenters. The summed E-state index contributed by atoms with van der Waals surface area (Å²) in [5, 5.41) is 4.65. The second-order valence-corrected chi connectivity index (χ2v) is 17.4. The van der Waals surface area contributed by atoms with Crippen LogP contribution in [0.2, 0.25) is 0 Å². The average molecular weight is 914 g/mol. The van der Waals surface area contributed by atoms with E-state index in [1.54, 1.807) is 0 Å². The molecule has 6 heteroatoms. The van der Waals surface area contributed by atoms with Crippen molar-refractivity contribution in [1.29, 1.82) is 0 Å². The second kappa shape index (κ2) is 13.0. The normalized spacial score (nSPS) is 19.7. The Bertz CT molecular complexity index is 2890. The van der Waals surface area contributed by atoms with Gasteiger partial charge in [-0.15, -0.1) is 40.8 Å². The van der Waals surface area contributed by atoms with Crippen molar-refractivity contribution in [2.24, 2.45) is 4.99 Å². The Morgan fingerprint density at radius 1 is 0.714 bits per heavy atom. The zero-order valence-corrected chi connectivity index (χ0v) is 35.4. The van der Waals surface area contributed by atoms with Crippen LogP contribution in [0.1, 0.15) is 82.6 Å². The van der Waals surface area contributed by atoms with Crippen LogP contribution in [-0.4, -0.2) is 31.2 Å². The van der Waals surface area contributed by atoms with Crippen LogP contribution in [0.4, 0.5) is 0 Å². The first-order chi connectivity index (χ1) is 26.4. The molecular weight excluding hydrogens is 868 g/mol. The topological polar surface area (TPSA) is 44.3 Å². The van der Waals surface area contributed by atoms with E-state index < -0.39 is 0 Å². The monoisotopic (exact) mass is 913 g/mol. The van der Waals surface area contributed by atoms with Crippen molar-refractivity contribution in [1.82, 2.24) is 14.1 Å². The van der Waals surface area contributed by atoms with Gasteiger partial charge in [0, 0.05) is 22.5 Å². The number of nitrogens with zero attached hydrogens (tertiary/aromatic N) is 4. The number of pyridine rings is 1. The summed E-state index contributed by atoms with van der Waals surface area (Å²) in [5.41, 5.74) is 12.3. The molecule has 1 aliphatic heterocycles. The van der Waals surface area contributed by atoms with E-state index in [0.29, 0.717) is 5.90 Å². The number of hydrogen-bond acceptors (Lipinski definition) is 3. The number of aliphatic imine (C=N–C) groups is 1. The van der Waals surface area contributed by atoms with Crippen LogP contribution in [0, 0.1) is 26.0 Å². The van der Waals surface area contributed by atoms with Crippen LogP contribution < -0.4 is 0 Å². The van der Waals surface area contributed by atoms with Gasteiger partial charge < -0.3 is 13.9 Å². The molecule has 56 heavy (non-hydrogen) atoms. The molecule has 282 valence electrons. The number of hydrogen-bond donors (Lipinski definition) is 0. The number of aryl methyl sites for hydroxylation is 2. The van der Waals surface area contributed by atoms with Gasteiger partial charge in [-0.3, -0.25) is 4.99 Å². The number of benzene rings is 5. The van der Waals surface area contributed by atoms with Crippen molar-refractivity contribution in [3.05, 3.63) is 138 Å². The molecule has 0 spiro atoms. The van der Waals surface area contributed by atoms with Crippen molar-refractivity contribution in [3.63, 3.8) is 0 Å².